The van der Waals surface area contributed by atoms with E-state index in [1.807, 2.05) is 0 Å². The first-order valence-corrected chi connectivity index (χ1v) is 8.95. The molecule has 1 aliphatic heterocycles. The fourth-order valence-electron chi connectivity index (χ4n) is 5.35. The zero-order valence-corrected chi connectivity index (χ0v) is 13.6. The highest BCUT2D eigenvalue weighted by Gasteiger charge is 2.61. The van der Waals surface area contributed by atoms with Crippen LogP contribution in [0.3, 0.4) is 0 Å². The minimum Gasteiger partial charge on any atom is -0.393 e. The number of unbranched alkanes of at least 4 members (excludes halogenated alkanes) is 1. The highest BCUT2D eigenvalue weighted by atomic mass is 16.6. The van der Waals surface area contributed by atoms with Crippen molar-refractivity contribution in [3.63, 3.8) is 0 Å². The molecule has 2 saturated carbocycles. The third-order valence-electron chi connectivity index (χ3n) is 6.72. The lowest BCUT2D eigenvalue weighted by atomic mass is 9.52. The third kappa shape index (κ3) is 2.58. The van der Waals surface area contributed by atoms with Gasteiger partial charge in [-0.2, -0.15) is 5.26 Å². The van der Waals surface area contributed by atoms with E-state index in [0.717, 1.165) is 51.4 Å². The van der Waals surface area contributed by atoms with Gasteiger partial charge in [-0.05, 0) is 56.8 Å². The maximum Gasteiger partial charge on any atom is 0.171 e. The summed E-state index contributed by atoms with van der Waals surface area (Å²) in [5, 5.41) is 30.2. The monoisotopic (exact) mass is 307 g/mol. The average Bonchev–Trinajstić information content (AvgIpc) is 2.49. The maximum absolute atomic E-state index is 11.2. The van der Waals surface area contributed by atoms with Crippen molar-refractivity contribution in [3.8, 4) is 6.07 Å². The Balaban J connectivity index is 1.73. The molecule has 3 rings (SSSR count). The molecule has 0 bridgehead atoms. The summed E-state index contributed by atoms with van der Waals surface area (Å²) < 4.78 is 6.18. The molecule has 6 atom stereocenters. The van der Waals surface area contributed by atoms with E-state index in [9.17, 15) is 10.2 Å². The van der Waals surface area contributed by atoms with Crippen LogP contribution in [0.15, 0.2) is 0 Å². The van der Waals surface area contributed by atoms with Gasteiger partial charge in [0.05, 0.1) is 18.3 Å². The number of ether oxygens (including phenoxy) is 1. The summed E-state index contributed by atoms with van der Waals surface area (Å²) in [5.41, 5.74) is -0.233. The van der Waals surface area contributed by atoms with Crippen LogP contribution < -0.4 is 0 Å². The molecule has 3 fully saturated rings. The Bertz CT molecular complexity index is 448. The lowest BCUT2D eigenvalue weighted by Crippen LogP contribution is -2.63. The fraction of sp³-hybridized carbons (Fsp3) is 0.944. The summed E-state index contributed by atoms with van der Waals surface area (Å²) in [5.74, 6) is -0.339. The van der Waals surface area contributed by atoms with Crippen molar-refractivity contribution in [3.05, 3.63) is 0 Å². The number of hydrogen-bond acceptors (Lipinski definition) is 4. The van der Waals surface area contributed by atoms with Crippen LogP contribution in [0.4, 0.5) is 0 Å². The summed E-state index contributed by atoms with van der Waals surface area (Å²) in [6.45, 7) is 2.17. The van der Waals surface area contributed by atoms with Gasteiger partial charge in [-0.3, -0.25) is 0 Å². The van der Waals surface area contributed by atoms with Crippen LogP contribution in [0.5, 0.6) is 0 Å². The van der Waals surface area contributed by atoms with Crippen molar-refractivity contribution in [1.82, 2.24) is 0 Å². The molecule has 3 aliphatic rings. The van der Waals surface area contributed by atoms with E-state index in [4.69, 9.17) is 10.00 Å². The van der Waals surface area contributed by atoms with Gasteiger partial charge in [-0.15, -0.1) is 0 Å². The van der Waals surface area contributed by atoms with E-state index < -0.39 is 5.79 Å². The number of aliphatic hydroxyl groups excluding tert-OH is 1. The average molecular weight is 307 g/mol. The van der Waals surface area contributed by atoms with Crippen LogP contribution in [0, 0.1) is 28.6 Å². The van der Waals surface area contributed by atoms with Gasteiger partial charge in [-0.1, -0.05) is 13.3 Å². The molecule has 2 N–H and O–H groups in total. The van der Waals surface area contributed by atoms with Gasteiger partial charge in [-0.25, -0.2) is 0 Å². The topological polar surface area (TPSA) is 73.5 Å². The van der Waals surface area contributed by atoms with E-state index >= 15 is 0 Å². The number of nitrogens with zero attached hydrogens (tertiary/aromatic N) is 1. The van der Waals surface area contributed by atoms with Crippen molar-refractivity contribution in [2.45, 2.75) is 89.1 Å². The lowest BCUT2D eigenvalue weighted by Gasteiger charge is -2.61. The molecule has 0 spiro atoms. The Morgan fingerprint density at radius 2 is 2.05 bits per heavy atom. The fourth-order valence-corrected chi connectivity index (χ4v) is 5.35. The number of fused-ring (bicyclic) bond motifs is 3. The second kappa shape index (κ2) is 6.11. The Morgan fingerprint density at radius 1 is 1.23 bits per heavy atom. The minimum absolute atomic E-state index is 0.0801. The van der Waals surface area contributed by atoms with E-state index in [2.05, 4.69) is 13.0 Å². The van der Waals surface area contributed by atoms with Gasteiger partial charge in [0, 0.05) is 18.3 Å². The van der Waals surface area contributed by atoms with Crippen LogP contribution in [-0.2, 0) is 4.74 Å². The molecule has 4 heteroatoms. The number of aliphatic hydroxyl groups is 2. The van der Waals surface area contributed by atoms with Crippen molar-refractivity contribution >= 4 is 0 Å². The molecular weight excluding hydrogens is 278 g/mol. The molecule has 4 nitrogen and oxygen atoms in total. The zero-order chi connectivity index (χ0) is 15.8. The third-order valence-corrected chi connectivity index (χ3v) is 6.72. The van der Waals surface area contributed by atoms with Crippen molar-refractivity contribution in [2.24, 2.45) is 17.3 Å². The summed E-state index contributed by atoms with van der Waals surface area (Å²) >= 11 is 0. The van der Waals surface area contributed by atoms with Gasteiger partial charge in [0.25, 0.3) is 0 Å². The predicted molar refractivity (Wildman–Crippen MR) is 82.7 cm³/mol. The standard InChI is InChI=1S/C18H29NO3/c1-17-10-8-13(5-2-3-12-19)22-18(17,21)11-9-14-15(17)6-4-7-16(14)20/h13-16,20-21H,2-11H2,1H3/t13?,14?,15?,16-,17?,18?/m0/s1. The minimum atomic E-state index is -1.04. The Hall–Kier alpha value is -0.630. The second-order valence-electron chi connectivity index (χ2n) is 7.84. The predicted octanol–water partition coefficient (Wildman–Crippen LogP) is 3.13. The molecule has 5 unspecified atom stereocenters. The first-order chi connectivity index (χ1) is 10.5. The molecular formula is C18H29NO3. The first kappa shape index (κ1) is 16.2. The Labute approximate surface area is 133 Å². The van der Waals surface area contributed by atoms with Crippen LogP contribution >= 0.6 is 0 Å². The molecule has 0 radical (unpaired) electrons. The highest BCUT2D eigenvalue weighted by Crippen LogP contribution is 2.60. The smallest absolute Gasteiger partial charge is 0.171 e. The molecule has 0 aromatic carbocycles. The molecule has 0 amide bonds. The Kier molecular flexibility index (Phi) is 4.51. The van der Waals surface area contributed by atoms with Gasteiger partial charge in [0.1, 0.15) is 0 Å². The summed E-state index contributed by atoms with van der Waals surface area (Å²) in [4.78, 5) is 0. The molecule has 1 saturated heterocycles. The number of rotatable bonds is 3. The van der Waals surface area contributed by atoms with Crippen molar-refractivity contribution in [2.75, 3.05) is 0 Å². The van der Waals surface area contributed by atoms with E-state index in [1.54, 1.807) is 0 Å². The summed E-state index contributed by atoms with van der Waals surface area (Å²) in [7, 11) is 0. The largest absolute Gasteiger partial charge is 0.393 e. The number of nitriles is 1. The lowest BCUT2D eigenvalue weighted by molar-refractivity contribution is -0.354. The second-order valence-corrected chi connectivity index (χ2v) is 7.84. The SMILES string of the molecule is CC12CCC(CCCC#N)OC1(O)CCC1C2CCC[C@@H]1O. The van der Waals surface area contributed by atoms with Crippen LogP contribution in [0.2, 0.25) is 0 Å². The molecule has 1 heterocycles. The van der Waals surface area contributed by atoms with Gasteiger partial charge >= 0.3 is 0 Å². The quantitative estimate of drug-likeness (QED) is 0.786. The van der Waals surface area contributed by atoms with Gasteiger partial charge in [0.2, 0.25) is 0 Å². The molecule has 22 heavy (non-hydrogen) atoms. The van der Waals surface area contributed by atoms with Crippen LogP contribution in [-0.4, -0.2) is 28.2 Å². The Morgan fingerprint density at radius 3 is 2.82 bits per heavy atom. The van der Waals surface area contributed by atoms with E-state index in [0.29, 0.717) is 24.7 Å². The summed E-state index contributed by atoms with van der Waals surface area (Å²) in [6, 6.07) is 2.18. The van der Waals surface area contributed by atoms with Crippen LogP contribution in [0.1, 0.15) is 71.1 Å². The normalized spacial score (nSPS) is 48.1. The first-order valence-electron chi connectivity index (χ1n) is 8.95. The summed E-state index contributed by atoms with van der Waals surface area (Å²) in [6.07, 6.45) is 8.64. The van der Waals surface area contributed by atoms with Gasteiger partial charge < -0.3 is 14.9 Å². The van der Waals surface area contributed by atoms with E-state index in [-0.39, 0.29) is 17.6 Å². The van der Waals surface area contributed by atoms with Gasteiger partial charge in [0.15, 0.2) is 5.79 Å². The highest BCUT2D eigenvalue weighted by molar-refractivity contribution is 5.06. The zero-order valence-electron chi connectivity index (χ0n) is 13.6. The molecule has 2 aliphatic carbocycles. The van der Waals surface area contributed by atoms with E-state index in [1.165, 1.54) is 0 Å². The molecule has 0 aromatic heterocycles. The number of hydrogen-bond donors (Lipinski definition) is 2. The molecule has 124 valence electrons. The van der Waals surface area contributed by atoms with Crippen molar-refractivity contribution in [1.29, 1.82) is 5.26 Å². The van der Waals surface area contributed by atoms with Crippen molar-refractivity contribution < 1.29 is 14.9 Å². The van der Waals surface area contributed by atoms with Crippen LogP contribution in [0.25, 0.3) is 0 Å². The molecule has 0 aromatic rings. The maximum atomic E-state index is 11.2.